The van der Waals surface area contributed by atoms with Crippen LogP contribution in [-0.2, 0) is 4.79 Å². The van der Waals surface area contributed by atoms with Crippen molar-refractivity contribution in [1.82, 2.24) is 25.5 Å². The number of hydrogen-bond acceptors (Lipinski definition) is 4. The number of hydrogen-bond donors (Lipinski definition) is 3. The Bertz CT molecular complexity index is 762. The molecule has 8 heteroatoms. The summed E-state index contributed by atoms with van der Waals surface area (Å²) in [5, 5.41) is 5.65. The molecule has 0 aromatic carbocycles. The number of imidazole rings is 1. The van der Waals surface area contributed by atoms with Crippen molar-refractivity contribution >= 4 is 11.8 Å². The number of piperidine rings is 1. The third kappa shape index (κ3) is 10.8. The minimum absolute atomic E-state index is 0.0161. The molecule has 2 amide bonds. The first-order chi connectivity index (χ1) is 16.0. The summed E-state index contributed by atoms with van der Waals surface area (Å²) >= 11 is 0. The van der Waals surface area contributed by atoms with Gasteiger partial charge in [-0.3, -0.25) is 9.59 Å². The first kappa shape index (κ1) is 26.8. The molecule has 4 rings (SSSR count). The second-order valence-corrected chi connectivity index (χ2v) is 8.68. The van der Waals surface area contributed by atoms with Crippen molar-refractivity contribution in [2.45, 2.75) is 64.7 Å². The molecule has 0 bridgehead atoms. The number of carbonyl (C=O) groups is 2. The van der Waals surface area contributed by atoms with Gasteiger partial charge in [-0.15, -0.1) is 0 Å². The van der Waals surface area contributed by atoms with Gasteiger partial charge in [-0.05, 0) is 70.5 Å². The topological polar surface area (TPSA) is 90.1 Å². The van der Waals surface area contributed by atoms with Gasteiger partial charge in [-0.25, -0.2) is 9.37 Å². The summed E-state index contributed by atoms with van der Waals surface area (Å²) in [6.07, 6.45) is 16.6. The SMILES string of the molecule is CCCCNC.FC1=CC=C(C2CC2)CC1.O=C(NCC(=O)N1CCCCC1)c1cnc[nH]1. The number of allylic oxidation sites excluding steroid dienone is 4. The maximum atomic E-state index is 12.5. The molecule has 1 aromatic rings. The van der Waals surface area contributed by atoms with Crippen LogP contribution in [0.15, 0.2) is 36.1 Å². The van der Waals surface area contributed by atoms with Crippen LogP contribution in [0.1, 0.15) is 75.2 Å². The van der Waals surface area contributed by atoms with Gasteiger partial charge in [0.2, 0.25) is 5.91 Å². The van der Waals surface area contributed by atoms with Gasteiger partial charge in [-0.1, -0.05) is 25.0 Å². The van der Waals surface area contributed by atoms with Gasteiger partial charge in [0.05, 0.1) is 19.1 Å². The molecule has 0 atom stereocenters. The number of amides is 2. The lowest BCUT2D eigenvalue weighted by atomic mass is 10.0. The highest BCUT2D eigenvalue weighted by molar-refractivity contribution is 5.94. The zero-order chi connectivity index (χ0) is 23.9. The van der Waals surface area contributed by atoms with Gasteiger partial charge in [0.15, 0.2) is 0 Å². The molecule has 2 heterocycles. The van der Waals surface area contributed by atoms with Crippen molar-refractivity contribution in [2.24, 2.45) is 5.92 Å². The Morgan fingerprint density at radius 1 is 1.18 bits per heavy atom. The summed E-state index contributed by atoms with van der Waals surface area (Å²) in [5.41, 5.74) is 1.85. The number of likely N-dealkylation sites (tertiary alicyclic amines) is 1. The first-order valence-electron chi connectivity index (χ1n) is 12.3. The van der Waals surface area contributed by atoms with Crippen molar-refractivity contribution in [1.29, 1.82) is 0 Å². The fourth-order valence-corrected chi connectivity index (χ4v) is 3.66. The van der Waals surface area contributed by atoms with Crippen LogP contribution in [-0.4, -0.2) is 59.9 Å². The molecular weight excluding hydrogens is 421 g/mol. The van der Waals surface area contributed by atoms with Gasteiger partial charge >= 0.3 is 0 Å². The van der Waals surface area contributed by atoms with E-state index in [2.05, 4.69) is 27.5 Å². The van der Waals surface area contributed by atoms with E-state index in [9.17, 15) is 14.0 Å². The molecule has 1 aliphatic heterocycles. The number of carbonyl (C=O) groups excluding carboxylic acids is 2. The smallest absolute Gasteiger partial charge is 0.269 e. The minimum Gasteiger partial charge on any atom is -0.342 e. The van der Waals surface area contributed by atoms with Gasteiger partial charge in [0, 0.05) is 19.5 Å². The number of rotatable bonds is 7. The van der Waals surface area contributed by atoms with Crippen LogP contribution in [0.5, 0.6) is 0 Å². The van der Waals surface area contributed by atoms with Crippen molar-refractivity contribution in [2.75, 3.05) is 33.2 Å². The standard InChI is InChI=1S/C11H16N4O2.C9H11F.C5H13N/c16-10(15-4-2-1-3-5-15)7-13-11(17)9-6-12-8-14-9;10-9-5-3-8(4-6-9)7-1-2-7;1-3-4-5-6-2/h6,8H,1-5,7H2,(H,12,14)(H,13,17);3,5,7H,1-2,4,6H2;6H,3-5H2,1-2H3. The van der Waals surface area contributed by atoms with Gasteiger partial charge in [-0.2, -0.15) is 0 Å². The van der Waals surface area contributed by atoms with E-state index in [0.29, 0.717) is 12.1 Å². The Balaban J connectivity index is 0.000000203. The molecule has 2 fully saturated rings. The maximum Gasteiger partial charge on any atom is 0.269 e. The quantitative estimate of drug-likeness (QED) is 0.533. The molecule has 3 N–H and O–H groups in total. The normalized spacial score (nSPS) is 17.5. The van der Waals surface area contributed by atoms with Crippen molar-refractivity contribution in [3.63, 3.8) is 0 Å². The van der Waals surface area contributed by atoms with Gasteiger partial charge in [0.1, 0.15) is 11.5 Å². The number of nitrogens with zero attached hydrogens (tertiary/aromatic N) is 2. The zero-order valence-electron chi connectivity index (χ0n) is 20.2. The van der Waals surface area contributed by atoms with E-state index >= 15 is 0 Å². The summed E-state index contributed by atoms with van der Waals surface area (Å²) in [6, 6.07) is 0. The second kappa shape index (κ2) is 15.4. The third-order valence-corrected chi connectivity index (χ3v) is 5.86. The van der Waals surface area contributed by atoms with Crippen LogP contribution in [0.25, 0.3) is 0 Å². The number of H-pyrrole nitrogens is 1. The van der Waals surface area contributed by atoms with Crippen LogP contribution in [0.2, 0.25) is 0 Å². The Hall–Kier alpha value is -2.48. The first-order valence-corrected chi connectivity index (χ1v) is 12.3. The van der Waals surface area contributed by atoms with E-state index in [0.717, 1.165) is 44.8 Å². The average molecular weight is 462 g/mol. The number of halogens is 1. The summed E-state index contributed by atoms with van der Waals surface area (Å²) in [4.78, 5) is 31.5. The Morgan fingerprint density at radius 2 is 1.94 bits per heavy atom. The Labute approximate surface area is 197 Å². The average Bonchev–Trinajstić information content (AvgIpc) is 3.55. The lowest BCUT2D eigenvalue weighted by Crippen LogP contribution is -2.42. The summed E-state index contributed by atoms with van der Waals surface area (Å²) < 4.78 is 12.5. The highest BCUT2D eigenvalue weighted by atomic mass is 19.1. The predicted octanol–water partition coefficient (Wildman–Crippen LogP) is 4.13. The van der Waals surface area contributed by atoms with E-state index in [1.165, 1.54) is 50.2 Å². The maximum absolute atomic E-state index is 12.5. The molecular formula is C25H40FN5O2. The van der Waals surface area contributed by atoms with Crippen molar-refractivity contribution in [3.8, 4) is 0 Å². The minimum atomic E-state index is -0.298. The fraction of sp³-hybridized carbons (Fsp3) is 0.640. The van der Waals surface area contributed by atoms with E-state index in [4.69, 9.17) is 0 Å². The molecule has 2 aliphatic carbocycles. The van der Waals surface area contributed by atoms with Crippen molar-refractivity contribution in [3.05, 3.63) is 41.8 Å². The highest BCUT2D eigenvalue weighted by Crippen LogP contribution is 2.40. The van der Waals surface area contributed by atoms with Crippen LogP contribution in [0.4, 0.5) is 4.39 Å². The number of aromatic nitrogens is 2. The molecule has 1 saturated heterocycles. The second-order valence-electron chi connectivity index (χ2n) is 8.68. The molecule has 1 aromatic heterocycles. The summed E-state index contributed by atoms with van der Waals surface area (Å²) in [6.45, 7) is 5.02. The van der Waals surface area contributed by atoms with Crippen LogP contribution < -0.4 is 10.6 Å². The van der Waals surface area contributed by atoms with E-state index in [1.54, 1.807) is 11.0 Å². The van der Waals surface area contributed by atoms with Gasteiger partial charge in [0.25, 0.3) is 5.91 Å². The van der Waals surface area contributed by atoms with Crippen LogP contribution >= 0.6 is 0 Å². The van der Waals surface area contributed by atoms with Crippen LogP contribution in [0.3, 0.4) is 0 Å². The number of aromatic amines is 1. The van der Waals surface area contributed by atoms with Crippen molar-refractivity contribution < 1.29 is 14.0 Å². The molecule has 184 valence electrons. The fourth-order valence-electron chi connectivity index (χ4n) is 3.66. The Kier molecular flexibility index (Phi) is 12.5. The lowest BCUT2D eigenvalue weighted by Gasteiger charge is -2.26. The lowest BCUT2D eigenvalue weighted by molar-refractivity contribution is -0.130. The molecule has 0 unspecified atom stereocenters. The molecule has 0 radical (unpaired) electrons. The highest BCUT2D eigenvalue weighted by Gasteiger charge is 2.26. The summed E-state index contributed by atoms with van der Waals surface area (Å²) in [5.74, 6) is 0.555. The molecule has 7 nitrogen and oxygen atoms in total. The summed E-state index contributed by atoms with van der Waals surface area (Å²) in [7, 11) is 1.98. The molecule has 33 heavy (non-hydrogen) atoms. The number of nitrogens with one attached hydrogen (secondary N) is 3. The molecule has 0 spiro atoms. The van der Waals surface area contributed by atoms with E-state index < -0.39 is 0 Å². The van der Waals surface area contributed by atoms with Crippen LogP contribution in [0, 0.1) is 5.92 Å². The van der Waals surface area contributed by atoms with Gasteiger partial charge < -0.3 is 20.5 Å². The Morgan fingerprint density at radius 3 is 2.45 bits per heavy atom. The predicted molar refractivity (Wildman–Crippen MR) is 129 cm³/mol. The van der Waals surface area contributed by atoms with E-state index in [1.807, 2.05) is 13.1 Å². The molecule has 1 saturated carbocycles. The largest absolute Gasteiger partial charge is 0.342 e. The zero-order valence-corrected chi connectivity index (χ0v) is 20.2. The van der Waals surface area contributed by atoms with E-state index in [-0.39, 0.29) is 24.2 Å². The monoisotopic (exact) mass is 461 g/mol. The third-order valence-electron chi connectivity index (χ3n) is 5.86. The number of unbranched alkanes of at least 4 members (excludes halogenated alkanes) is 1. The molecule has 3 aliphatic rings.